The van der Waals surface area contributed by atoms with Gasteiger partial charge in [-0.2, -0.15) is 0 Å². The van der Waals surface area contributed by atoms with Crippen LogP contribution in [-0.2, 0) is 10.0 Å². The summed E-state index contributed by atoms with van der Waals surface area (Å²) in [5.74, 6) is 0. The van der Waals surface area contributed by atoms with Gasteiger partial charge in [0.1, 0.15) is 0 Å². The van der Waals surface area contributed by atoms with Crippen molar-refractivity contribution < 1.29 is 8.42 Å². The summed E-state index contributed by atoms with van der Waals surface area (Å²) >= 11 is 0. The summed E-state index contributed by atoms with van der Waals surface area (Å²) in [6.45, 7) is 0. The smallest absolute Gasteiger partial charge is 0.240 e. The molecule has 1 aromatic rings. The van der Waals surface area contributed by atoms with Crippen LogP contribution in [0.2, 0.25) is 0 Å². The van der Waals surface area contributed by atoms with Crippen LogP contribution in [-0.4, -0.2) is 41.6 Å². The number of nitrogens with one attached hydrogen (secondary N) is 2. The molecule has 1 saturated carbocycles. The van der Waals surface area contributed by atoms with Crippen LogP contribution in [0.3, 0.4) is 0 Å². The molecule has 0 bridgehead atoms. The average molecular weight is 311 g/mol. The van der Waals surface area contributed by atoms with Crippen LogP contribution in [0.15, 0.2) is 29.2 Å². The van der Waals surface area contributed by atoms with Gasteiger partial charge in [0, 0.05) is 24.8 Å². The van der Waals surface area contributed by atoms with E-state index < -0.39 is 10.0 Å². The molecule has 0 atom stereocenters. The topological polar surface area (TPSA) is 61.4 Å². The monoisotopic (exact) mass is 311 g/mol. The standard InChI is InChI=1S/C15H25N3O2S/c1-16-12-4-6-13(7-5-12)18(3)14-8-10-15(11-9-14)21(19,20)17-2/h8-13,16-17H,4-7H2,1-3H3. The zero-order valence-electron chi connectivity index (χ0n) is 13.0. The molecule has 1 aromatic carbocycles. The Morgan fingerprint density at radius 1 is 1.05 bits per heavy atom. The minimum atomic E-state index is -3.35. The van der Waals surface area contributed by atoms with E-state index in [9.17, 15) is 8.42 Å². The van der Waals surface area contributed by atoms with Gasteiger partial charge in [-0.3, -0.25) is 0 Å². The minimum absolute atomic E-state index is 0.307. The summed E-state index contributed by atoms with van der Waals surface area (Å²) in [7, 11) is 2.19. The van der Waals surface area contributed by atoms with Crippen LogP contribution in [0.5, 0.6) is 0 Å². The van der Waals surface area contributed by atoms with E-state index in [2.05, 4.69) is 22.0 Å². The molecule has 0 amide bonds. The van der Waals surface area contributed by atoms with Gasteiger partial charge in [-0.05, 0) is 64.0 Å². The third-order valence-corrected chi connectivity index (χ3v) is 5.91. The third-order valence-electron chi connectivity index (χ3n) is 4.48. The molecule has 2 rings (SSSR count). The average Bonchev–Trinajstić information content (AvgIpc) is 2.54. The van der Waals surface area contributed by atoms with Crippen molar-refractivity contribution in [2.45, 2.75) is 42.7 Å². The van der Waals surface area contributed by atoms with Gasteiger partial charge in [0.05, 0.1) is 4.90 Å². The summed E-state index contributed by atoms with van der Waals surface area (Å²) in [5.41, 5.74) is 1.07. The van der Waals surface area contributed by atoms with Crippen LogP contribution in [0.1, 0.15) is 25.7 Å². The Bertz CT molecular complexity index is 549. The Balaban J connectivity index is 2.05. The van der Waals surface area contributed by atoms with E-state index in [0.29, 0.717) is 17.0 Å². The highest BCUT2D eigenvalue weighted by Crippen LogP contribution is 2.27. The van der Waals surface area contributed by atoms with Crippen molar-refractivity contribution in [3.05, 3.63) is 24.3 Å². The molecular formula is C15H25N3O2S. The van der Waals surface area contributed by atoms with Crippen LogP contribution in [0.25, 0.3) is 0 Å². The summed E-state index contributed by atoms with van der Waals surface area (Å²) in [4.78, 5) is 2.57. The molecule has 0 unspecified atom stereocenters. The van der Waals surface area contributed by atoms with Gasteiger partial charge in [0.2, 0.25) is 10.0 Å². The van der Waals surface area contributed by atoms with Crippen LogP contribution < -0.4 is 14.9 Å². The Morgan fingerprint density at radius 3 is 2.10 bits per heavy atom. The Morgan fingerprint density at radius 2 is 1.62 bits per heavy atom. The first-order valence-electron chi connectivity index (χ1n) is 7.41. The van der Waals surface area contributed by atoms with Crippen molar-refractivity contribution in [2.75, 3.05) is 26.0 Å². The van der Waals surface area contributed by atoms with E-state index in [0.717, 1.165) is 5.69 Å². The number of hydrogen-bond acceptors (Lipinski definition) is 4. The molecule has 0 saturated heterocycles. The molecule has 21 heavy (non-hydrogen) atoms. The molecule has 0 aromatic heterocycles. The largest absolute Gasteiger partial charge is 0.372 e. The molecule has 118 valence electrons. The SMILES string of the molecule is CNC1CCC(N(C)c2ccc(S(=O)(=O)NC)cc2)CC1. The second kappa shape index (κ2) is 6.77. The van der Waals surface area contributed by atoms with Crippen molar-refractivity contribution in [1.29, 1.82) is 0 Å². The van der Waals surface area contributed by atoms with E-state index in [1.807, 2.05) is 19.2 Å². The number of rotatable bonds is 5. The van der Waals surface area contributed by atoms with Gasteiger partial charge in [0.15, 0.2) is 0 Å². The van der Waals surface area contributed by atoms with Gasteiger partial charge in [-0.15, -0.1) is 0 Å². The summed E-state index contributed by atoms with van der Waals surface area (Å²) in [6, 6.07) is 8.26. The molecule has 6 heteroatoms. The summed E-state index contributed by atoms with van der Waals surface area (Å²) < 4.78 is 25.8. The number of anilines is 1. The lowest BCUT2D eigenvalue weighted by molar-refractivity contribution is 0.351. The molecule has 0 spiro atoms. The lowest BCUT2D eigenvalue weighted by Gasteiger charge is -2.36. The Kier molecular flexibility index (Phi) is 5.24. The highest BCUT2D eigenvalue weighted by atomic mass is 32.2. The van der Waals surface area contributed by atoms with Crippen LogP contribution >= 0.6 is 0 Å². The van der Waals surface area contributed by atoms with Gasteiger partial charge in [0.25, 0.3) is 0 Å². The first-order chi connectivity index (χ1) is 9.97. The molecule has 0 heterocycles. The van der Waals surface area contributed by atoms with E-state index in [-0.39, 0.29) is 0 Å². The first kappa shape index (κ1) is 16.3. The number of hydrogen-bond donors (Lipinski definition) is 2. The van der Waals surface area contributed by atoms with Gasteiger partial charge < -0.3 is 10.2 Å². The maximum atomic E-state index is 11.7. The zero-order valence-corrected chi connectivity index (χ0v) is 13.8. The predicted molar refractivity (Wildman–Crippen MR) is 86.2 cm³/mol. The Hall–Kier alpha value is -1.11. The fraction of sp³-hybridized carbons (Fsp3) is 0.600. The van der Waals surface area contributed by atoms with E-state index in [1.165, 1.54) is 32.7 Å². The van der Waals surface area contributed by atoms with Crippen LogP contribution in [0, 0.1) is 0 Å². The van der Waals surface area contributed by atoms with Gasteiger partial charge >= 0.3 is 0 Å². The number of nitrogens with zero attached hydrogens (tertiary/aromatic N) is 1. The molecule has 5 nitrogen and oxygen atoms in total. The lowest BCUT2D eigenvalue weighted by Crippen LogP contribution is -2.39. The molecule has 1 fully saturated rings. The Labute approximate surface area is 127 Å². The van der Waals surface area contributed by atoms with Crippen LogP contribution in [0.4, 0.5) is 5.69 Å². The van der Waals surface area contributed by atoms with Gasteiger partial charge in [-0.25, -0.2) is 13.1 Å². The summed E-state index contributed by atoms with van der Waals surface area (Å²) in [5, 5.41) is 3.34. The zero-order chi connectivity index (χ0) is 15.5. The van der Waals surface area contributed by atoms with Crippen molar-refractivity contribution in [1.82, 2.24) is 10.0 Å². The first-order valence-corrected chi connectivity index (χ1v) is 8.90. The van der Waals surface area contributed by atoms with Crippen molar-refractivity contribution in [3.63, 3.8) is 0 Å². The highest BCUT2D eigenvalue weighted by molar-refractivity contribution is 7.89. The highest BCUT2D eigenvalue weighted by Gasteiger charge is 2.23. The normalized spacial score (nSPS) is 23.0. The lowest BCUT2D eigenvalue weighted by atomic mass is 9.90. The van der Waals surface area contributed by atoms with E-state index in [4.69, 9.17) is 0 Å². The molecule has 0 radical (unpaired) electrons. The maximum Gasteiger partial charge on any atom is 0.240 e. The van der Waals surface area contributed by atoms with Crippen molar-refractivity contribution in [2.24, 2.45) is 0 Å². The molecule has 2 N–H and O–H groups in total. The van der Waals surface area contributed by atoms with Gasteiger partial charge in [-0.1, -0.05) is 0 Å². The fourth-order valence-electron chi connectivity index (χ4n) is 2.94. The molecule has 1 aliphatic rings. The van der Waals surface area contributed by atoms with Crippen molar-refractivity contribution >= 4 is 15.7 Å². The number of sulfonamides is 1. The third kappa shape index (κ3) is 3.75. The summed E-state index contributed by atoms with van der Waals surface area (Å²) in [6.07, 6.45) is 4.71. The number of benzene rings is 1. The fourth-order valence-corrected chi connectivity index (χ4v) is 3.67. The van der Waals surface area contributed by atoms with E-state index >= 15 is 0 Å². The second-order valence-corrected chi connectivity index (χ2v) is 7.49. The molecular weight excluding hydrogens is 286 g/mol. The van der Waals surface area contributed by atoms with Crippen molar-refractivity contribution in [3.8, 4) is 0 Å². The maximum absolute atomic E-state index is 11.7. The quantitative estimate of drug-likeness (QED) is 0.866. The van der Waals surface area contributed by atoms with E-state index in [1.54, 1.807) is 12.1 Å². The molecule has 0 aliphatic heterocycles. The minimum Gasteiger partial charge on any atom is -0.372 e. The predicted octanol–water partition coefficient (Wildman–Crippen LogP) is 1.56. The second-order valence-electron chi connectivity index (χ2n) is 5.61. The molecule has 1 aliphatic carbocycles.